The molecule has 0 fully saturated rings. The first kappa shape index (κ1) is 17.5. The van der Waals surface area contributed by atoms with E-state index in [9.17, 15) is 13.2 Å². The van der Waals surface area contributed by atoms with E-state index in [1.807, 2.05) is 31.2 Å². The van der Waals surface area contributed by atoms with Crippen molar-refractivity contribution in [2.75, 3.05) is 23.9 Å². The highest BCUT2D eigenvalue weighted by atomic mass is 32.2. The van der Waals surface area contributed by atoms with E-state index in [4.69, 9.17) is 0 Å². The number of nitrogens with zero attached hydrogens (tertiary/aromatic N) is 1. The van der Waals surface area contributed by atoms with Gasteiger partial charge in [-0.15, -0.1) is 0 Å². The molecule has 0 bridgehead atoms. The maximum Gasteiger partial charge on any atom is 0.219 e. The fraction of sp³-hybridized carbons (Fsp3) is 0.533. The van der Waals surface area contributed by atoms with Crippen LogP contribution in [0.1, 0.15) is 26.3 Å². The molecule has 0 aromatic heterocycles. The fourth-order valence-electron chi connectivity index (χ4n) is 1.97. The summed E-state index contributed by atoms with van der Waals surface area (Å²) in [6.45, 7) is 5.51. The quantitative estimate of drug-likeness (QED) is 0.835. The van der Waals surface area contributed by atoms with Crippen molar-refractivity contribution < 1.29 is 13.2 Å². The standard InChI is InChI=1S/C15H24N2O3S/c1-5-21(19,20)11-12(2)16-15-9-7-6-8-14(15)10-17(4)13(3)18/h6-9,12,16H,5,10-11H2,1-4H3. The van der Waals surface area contributed by atoms with Crippen LogP contribution in [0, 0.1) is 0 Å². The van der Waals surface area contributed by atoms with Gasteiger partial charge in [-0.25, -0.2) is 8.42 Å². The van der Waals surface area contributed by atoms with Crippen LogP contribution < -0.4 is 5.32 Å². The summed E-state index contributed by atoms with van der Waals surface area (Å²) < 4.78 is 23.3. The Kier molecular flexibility index (Phi) is 6.20. The van der Waals surface area contributed by atoms with Crippen molar-refractivity contribution in [3.05, 3.63) is 29.8 Å². The molecule has 21 heavy (non-hydrogen) atoms. The van der Waals surface area contributed by atoms with Crippen molar-refractivity contribution in [2.24, 2.45) is 0 Å². The second-order valence-corrected chi connectivity index (χ2v) is 7.67. The highest BCUT2D eigenvalue weighted by molar-refractivity contribution is 7.91. The first-order chi connectivity index (χ1) is 9.75. The summed E-state index contributed by atoms with van der Waals surface area (Å²) in [5.41, 5.74) is 1.83. The van der Waals surface area contributed by atoms with E-state index in [-0.39, 0.29) is 23.5 Å². The summed E-state index contributed by atoms with van der Waals surface area (Å²) in [5.74, 6) is 0.236. The molecule has 0 saturated carbocycles. The smallest absolute Gasteiger partial charge is 0.219 e. The third kappa shape index (κ3) is 5.75. The normalized spacial score (nSPS) is 12.8. The van der Waals surface area contributed by atoms with Gasteiger partial charge in [-0.3, -0.25) is 4.79 Å². The van der Waals surface area contributed by atoms with Gasteiger partial charge in [0.25, 0.3) is 0 Å². The molecule has 1 aromatic carbocycles. The molecule has 0 spiro atoms. The highest BCUT2D eigenvalue weighted by Gasteiger charge is 2.15. The summed E-state index contributed by atoms with van der Waals surface area (Å²) in [7, 11) is -1.28. The predicted molar refractivity (Wildman–Crippen MR) is 86.0 cm³/mol. The highest BCUT2D eigenvalue weighted by Crippen LogP contribution is 2.18. The number of benzene rings is 1. The van der Waals surface area contributed by atoms with Crippen molar-refractivity contribution in [3.63, 3.8) is 0 Å². The molecule has 1 N–H and O–H groups in total. The number of amides is 1. The van der Waals surface area contributed by atoms with Gasteiger partial charge in [0.05, 0.1) is 5.75 Å². The van der Waals surface area contributed by atoms with Crippen LogP contribution in [0.2, 0.25) is 0 Å². The van der Waals surface area contributed by atoms with Crippen LogP contribution in [0.3, 0.4) is 0 Å². The maximum atomic E-state index is 11.7. The van der Waals surface area contributed by atoms with Crippen molar-refractivity contribution in [3.8, 4) is 0 Å². The minimum Gasteiger partial charge on any atom is -0.381 e. The van der Waals surface area contributed by atoms with Crippen LogP contribution in [0.15, 0.2) is 24.3 Å². The predicted octanol–water partition coefficient (Wildman–Crippen LogP) is 1.90. The number of rotatable bonds is 7. The number of hydrogen-bond donors (Lipinski definition) is 1. The monoisotopic (exact) mass is 312 g/mol. The molecular formula is C15H24N2O3S. The van der Waals surface area contributed by atoms with Crippen molar-refractivity contribution >= 4 is 21.4 Å². The summed E-state index contributed by atoms with van der Waals surface area (Å²) in [6.07, 6.45) is 0. The summed E-state index contributed by atoms with van der Waals surface area (Å²) in [5, 5.41) is 3.23. The van der Waals surface area contributed by atoms with E-state index in [1.54, 1.807) is 18.9 Å². The average molecular weight is 312 g/mol. The third-order valence-electron chi connectivity index (χ3n) is 3.31. The zero-order valence-corrected chi connectivity index (χ0v) is 13.9. The number of sulfone groups is 1. The Morgan fingerprint density at radius 1 is 1.33 bits per heavy atom. The lowest BCUT2D eigenvalue weighted by atomic mass is 10.1. The summed E-state index contributed by atoms with van der Waals surface area (Å²) in [6, 6.07) is 7.45. The molecule has 6 heteroatoms. The molecule has 1 rings (SSSR count). The van der Waals surface area contributed by atoms with Crippen LogP contribution in [-0.2, 0) is 21.2 Å². The molecular weight excluding hydrogens is 288 g/mol. The Morgan fingerprint density at radius 2 is 1.95 bits per heavy atom. The van der Waals surface area contributed by atoms with E-state index < -0.39 is 9.84 Å². The second kappa shape index (κ2) is 7.45. The van der Waals surface area contributed by atoms with Crippen LogP contribution in [0.4, 0.5) is 5.69 Å². The van der Waals surface area contributed by atoms with Gasteiger partial charge in [-0.1, -0.05) is 25.1 Å². The van der Waals surface area contributed by atoms with Gasteiger partial charge in [0.15, 0.2) is 9.84 Å². The van der Waals surface area contributed by atoms with Gasteiger partial charge in [0.2, 0.25) is 5.91 Å². The Morgan fingerprint density at radius 3 is 2.52 bits per heavy atom. The molecule has 0 saturated heterocycles. The zero-order chi connectivity index (χ0) is 16.0. The number of hydrogen-bond acceptors (Lipinski definition) is 4. The minimum atomic E-state index is -3.02. The molecule has 0 radical (unpaired) electrons. The van der Waals surface area contributed by atoms with Gasteiger partial charge < -0.3 is 10.2 Å². The zero-order valence-electron chi connectivity index (χ0n) is 13.1. The SMILES string of the molecule is CCS(=O)(=O)CC(C)Nc1ccccc1CN(C)C(C)=O. The van der Waals surface area contributed by atoms with Crippen molar-refractivity contribution in [1.82, 2.24) is 4.90 Å². The molecule has 1 unspecified atom stereocenters. The second-order valence-electron chi connectivity index (χ2n) is 5.28. The topological polar surface area (TPSA) is 66.5 Å². The van der Waals surface area contributed by atoms with Gasteiger partial charge in [0, 0.05) is 38.0 Å². The van der Waals surface area contributed by atoms with Crippen LogP contribution in [-0.4, -0.2) is 43.8 Å². The molecule has 5 nitrogen and oxygen atoms in total. The largest absolute Gasteiger partial charge is 0.381 e. The van der Waals surface area contributed by atoms with E-state index >= 15 is 0 Å². The summed E-state index contributed by atoms with van der Waals surface area (Å²) >= 11 is 0. The van der Waals surface area contributed by atoms with Crippen molar-refractivity contribution in [1.29, 1.82) is 0 Å². The molecule has 0 aliphatic rings. The van der Waals surface area contributed by atoms with E-state index in [1.165, 1.54) is 6.92 Å². The minimum absolute atomic E-state index is 0.00795. The molecule has 0 aliphatic carbocycles. The Labute approximate surface area is 127 Å². The number of nitrogens with one attached hydrogen (secondary N) is 1. The lowest BCUT2D eigenvalue weighted by Gasteiger charge is -2.21. The molecule has 0 aliphatic heterocycles. The third-order valence-corrected chi connectivity index (χ3v) is 5.20. The molecule has 1 aromatic rings. The van der Waals surface area contributed by atoms with Crippen LogP contribution in [0.25, 0.3) is 0 Å². The maximum absolute atomic E-state index is 11.7. The lowest BCUT2D eigenvalue weighted by Crippen LogP contribution is -2.28. The van der Waals surface area contributed by atoms with Crippen LogP contribution in [0.5, 0.6) is 0 Å². The number of carbonyl (C=O) groups is 1. The van der Waals surface area contributed by atoms with Gasteiger partial charge in [-0.2, -0.15) is 0 Å². The van der Waals surface area contributed by atoms with Crippen molar-refractivity contribution in [2.45, 2.75) is 33.4 Å². The van der Waals surface area contributed by atoms with E-state index in [2.05, 4.69) is 5.32 Å². The summed E-state index contributed by atoms with van der Waals surface area (Å²) in [4.78, 5) is 13.0. The van der Waals surface area contributed by atoms with Crippen LogP contribution >= 0.6 is 0 Å². The first-order valence-electron chi connectivity index (χ1n) is 7.01. The Hall–Kier alpha value is -1.56. The van der Waals surface area contributed by atoms with E-state index in [0.29, 0.717) is 6.54 Å². The number of carbonyl (C=O) groups excluding carboxylic acids is 1. The number of anilines is 1. The molecule has 118 valence electrons. The van der Waals surface area contributed by atoms with Gasteiger partial charge in [0.1, 0.15) is 0 Å². The fourth-order valence-corrected chi connectivity index (χ4v) is 3.05. The lowest BCUT2D eigenvalue weighted by molar-refractivity contribution is -0.128. The number of para-hydroxylation sites is 1. The Balaban J connectivity index is 2.82. The van der Waals surface area contributed by atoms with Gasteiger partial charge in [-0.05, 0) is 18.6 Å². The molecule has 0 heterocycles. The average Bonchev–Trinajstić information content (AvgIpc) is 2.40. The first-order valence-corrected chi connectivity index (χ1v) is 8.84. The molecule has 1 atom stereocenters. The Bertz CT molecular complexity index is 584. The van der Waals surface area contributed by atoms with Gasteiger partial charge >= 0.3 is 0 Å². The molecule has 1 amide bonds. The van der Waals surface area contributed by atoms with E-state index in [0.717, 1.165) is 11.3 Å².